The van der Waals surface area contributed by atoms with Gasteiger partial charge < -0.3 is 0 Å². The maximum Gasteiger partial charge on any atom is 0.116 e. The lowest BCUT2D eigenvalue weighted by Crippen LogP contribution is -1.91. The Morgan fingerprint density at radius 3 is 1.38 bits per heavy atom. The molecule has 4 aromatic carbocycles. The number of benzene rings is 4. The van der Waals surface area contributed by atoms with Crippen molar-refractivity contribution >= 4 is 53.2 Å². The van der Waals surface area contributed by atoms with Gasteiger partial charge in [0.05, 0.1) is 11.4 Å². The van der Waals surface area contributed by atoms with Gasteiger partial charge in [-0.3, -0.25) is 0 Å². The Labute approximate surface area is 180 Å². The van der Waals surface area contributed by atoms with E-state index in [9.17, 15) is 0 Å². The molecule has 0 atom stereocenters. The monoisotopic (exact) mass is 411 g/mol. The van der Waals surface area contributed by atoms with Crippen LogP contribution in [0.3, 0.4) is 0 Å². The van der Waals surface area contributed by atoms with Crippen LogP contribution in [-0.2, 0) is 0 Å². The van der Waals surface area contributed by atoms with Gasteiger partial charge in [0.15, 0.2) is 0 Å². The highest BCUT2D eigenvalue weighted by molar-refractivity contribution is 6.36. The molecule has 0 amide bonds. The molecule has 0 aliphatic heterocycles. The van der Waals surface area contributed by atoms with Gasteiger partial charge in [0.1, 0.15) is 6.33 Å². The Bertz CT molecular complexity index is 1250. The van der Waals surface area contributed by atoms with E-state index in [4.69, 9.17) is 23.2 Å². The van der Waals surface area contributed by atoms with Crippen molar-refractivity contribution in [2.75, 3.05) is 0 Å². The van der Waals surface area contributed by atoms with Gasteiger partial charge in [0.25, 0.3) is 0 Å². The van der Waals surface area contributed by atoms with E-state index in [1.165, 1.54) is 0 Å². The van der Waals surface area contributed by atoms with Crippen LogP contribution < -0.4 is 0 Å². The molecule has 137 valence electrons. The minimum atomic E-state index is 0. The van der Waals surface area contributed by atoms with Gasteiger partial charge in [-0.05, 0) is 29.0 Å². The lowest BCUT2D eigenvalue weighted by Gasteiger charge is -2.11. The van der Waals surface area contributed by atoms with Gasteiger partial charge >= 0.3 is 0 Å². The average molecular weight is 412 g/mol. The van der Waals surface area contributed by atoms with Crippen molar-refractivity contribution in [3.05, 3.63) is 95.2 Å². The molecule has 3 radical (unpaired) electrons. The molecule has 29 heavy (non-hydrogen) atoms. The van der Waals surface area contributed by atoms with E-state index in [1.807, 2.05) is 66.7 Å². The fraction of sp³-hybridized carbons (Fsp3) is 0. The first-order valence-electron chi connectivity index (χ1n) is 8.89. The molecule has 2 nitrogen and oxygen atoms in total. The summed E-state index contributed by atoms with van der Waals surface area (Å²) in [6, 6.07) is 26.1. The Balaban J connectivity index is 0.00000205. The van der Waals surface area contributed by atoms with E-state index in [0.29, 0.717) is 0 Å². The van der Waals surface area contributed by atoms with Crippen LogP contribution in [0.5, 0.6) is 0 Å². The highest BCUT2D eigenvalue weighted by Gasteiger charge is 2.12. The van der Waals surface area contributed by atoms with E-state index in [0.717, 1.165) is 54.1 Å². The molecule has 0 N–H and O–H groups in total. The molecule has 0 fully saturated rings. The molecule has 1 heterocycles. The zero-order valence-electron chi connectivity index (χ0n) is 15.3. The number of nitrogens with zero attached hydrogens (tertiary/aromatic N) is 2. The fourth-order valence-corrected chi connectivity index (χ4v) is 4.08. The third-order valence-electron chi connectivity index (χ3n) is 4.96. The summed E-state index contributed by atoms with van der Waals surface area (Å²) in [5, 5.41) is 5.63. The summed E-state index contributed by atoms with van der Waals surface area (Å²) in [5.74, 6) is 0. The predicted octanol–water partition coefficient (Wildman–Crippen LogP) is 7.04. The molecule has 5 rings (SSSR count). The van der Waals surface area contributed by atoms with E-state index in [-0.39, 0.29) is 8.41 Å². The summed E-state index contributed by atoms with van der Waals surface area (Å²) in [5.41, 5.74) is 3.78. The molecule has 0 saturated carbocycles. The van der Waals surface area contributed by atoms with Crippen LogP contribution in [0.1, 0.15) is 0 Å². The molecule has 0 bridgehead atoms. The number of rotatable bonds is 2. The fourth-order valence-electron chi connectivity index (χ4n) is 3.62. The standard InChI is InChI=1S/C24H14Cl2N2.B/c25-21-11-9-19(15-5-1-3-7-17(15)21)23-13-24(28-14-27-23)20-10-12-22(26)18-8-4-2-6-16(18)20;/h1-14H;. The van der Waals surface area contributed by atoms with Gasteiger partial charge in [0.2, 0.25) is 0 Å². The second-order valence-corrected chi connectivity index (χ2v) is 7.38. The molecule has 5 aromatic rings. The van der Waals surface area contributed by atoms with Crippen LogP contribution in [0.25, 0.3) is 44.1 Å². The van der Waals surface area contributed by atoms with Gasteiger partial charge in [-0.1, -0.05) is 83.9 Å². The van der Waals surface area contributed by atoms with Crippen LogP contribution in [0.15, 0.2) is 85.2 Å². The third kappa shape index (κ3) is 3.37. The van der Waals surface area contributed by atoms with Crippen molar-refractivity contribution in [1.82, 2.24) is 9.97 Å². The summed E-state index contributed by atoms with van der Waals surface area (Å²) in [4.78, 5) is 9.06. The number of aromatic nitrogens is 2. The molecule has 0 aliphatic carbocycles. The molecule has 0 spiro atoms. The van der Waals surface area contributed by atoms with Crippen LogP contribution in [0, 0.1) is 0 Å². The number of halogens is 2. The molecular formula is C24H14BCl2N2. The number of hydrogen-bond acceptors (Lipinski definition) is 2. The van der Waals surface area contributed by atoms with Crippen molar-refractivity contribution in [2.45, 2.75) is 0 Å². The van der Waals surface area contributed by atoms with Crippen LogP contribution in [0.2, 0.25) is 10.0 Å². The minimum Gasteiger partial charge on any atom is -0.236 e. The molecule has 5 heteroatoms. The average Bonchev–Trinajstić information content (AvgIpc) is 2.75. The van der Waals surface area contributed by atoms with Crippen molar-refractivity contribution in [2.24, 2.45) is 0 Å². The second kappa shape index (κ2) is 7.86. The van der Waals surface area contributed by atoms with Crippen molar-refractivity contribution < 1.29 is 0 Å². The Morgan fingerprint density at radius 1 is 0.517 bits per heavy atom. The topological polar surface area (TPSA) is 25.8 Å². The first kappa shape index (κ1) is 19.4. The van der Waals surface area contributed by atoms with Gasteiger partial charge in [-0.15, -0.1) is 0 Å². The van der Waals surface area contributed by atoms with E-state index >= 15 is 0 Å². The summed E-state index contributed by atoms with van der Waals surface area (Å²) < 4.78 is 0. The summed E-state index contributed by atoms with van der Waals surface area (Å²) in [7, 11) is 0. The van der Waals surface area contributed by atoms with Crippen LogP contribution in [0.4, 0.5) is 0 Å². The summed E-state index contributed by atoms with van der Waals surface area (Å²) in [6.07, 6.45) is 1.61. The maximum atomic E-state index is 6.38. The summed E-state index contributed by atoms with van der Waals surface area (Å²) >= 11 is 12.8. The zero-order valence-corrected chi connectivity index (χ0v) is 16.8. The SMILES string of the molecule is Clc1ccc(-c2cc(-c3ccc(Cl)c4ccccc34)ncn2)c2ccccc12.[B]. The largest absolute Gasteiger partial charge is 0.236 e. The quantitative estimate of drug-likeness (QED) is 0.291. The molecule has 0 aliphatic rings. The molecular weight excluding hydrogens is 398 g/mol. The summed E-state index contributed by atoms with van der Waals surface area (Å²) in [6.45, 7) is 0. The Kier molecular flexibility index (Phi) is 5.27. The molecule has 0 saturated heterocycles. The smallest absolute Gasteiger partial charge is 0.116 e. The normalized spacial score (nSPS) is 10.8. The number of fused-ring (bicyclic) bond motifs is 2. The van der Waals surface area contributed by atoms with Crippen LogP contribution >= 0.6 is 23.2 Å². The van der Waals surface area contributed by atoms with Gasteiger partial charge in [0, 0.05) is 40.4 Å². The highest BCUT2D eigenvalue weighted by Crippen LogP contribution is 2.35. The maximum absolute atomic E-state index is 6.38. The lowest BCUT2D eigenvalue weighted by atomic mass is 9.98. The van der Waals surface area contributed by atoms with E-state index < -0.39 is 0 Å². The van der Waals surface area contributed by atoms with Crippen molar-refractivity contribution in [3.8, 4) is 22.5 Å². The van der Waals surface area contributed by atoms with Crippen molar-refractivity contribution in [1.29, 1.82) is 0 Å². The van der Waals surface area contributed by atoms with E-state index in [1.54, 1.807) is 6.33 Å². The molecule has 0 unspecified atom stereocenters. The highest BCUT2D eigenvalue weighted by atomic mass is 35.5. The lowest BCUT2D eigenvalue weighted by molar-refractivity contribution is 1.18. The first-order chi connectivity index (χ1) is 13.7. The zero-order chi connectivity index (χ0) is 19.1. The van der Waals surface area contributed by atoms with Crippen LogP contribution in [-0.4, -0.2) is 18.4 Å². The first-order valence-corrected chi connectivity index (χ1v) is 9.65. The minimum absolute atomic E-state index is 0. The van der Waals surface area contributed by atoms with E-state index in [2.05, 4.69) is 22.1 Å². The third-order valence-corrected chi connectivity index (χ3v) is 5.62. The Hall–Kier alpha value is -2.88. The van der Waals surface area contributed by atoms with Gasteiger partial charge in [-0.2, -0.15) is 0 Å². The Morgan fingerprint density at radius 2 is 0.931 bits per heavy atom. The molecule has 1 aromatic heterocycles. The second-order valence-electron chi connectivity index (χ2n) is 6.57. The number of hydrogen-bond donors (Lipinski definition) is 0. The van der Waals surface area contributed by atoms with Gasteiger partial charge in [-0.25, -0.2) is 9.97 Å². The predicted molar refractivity (Wildman–Crippen MR) is 124 cm³/mol. The van der Waals surface area contributed by atoms with Crippen molar-refractivity contribution in [3.63, 3.8) is 0 Å².